The molecule has 1 saturated heterocycles. The van der Waals surface area contributed by atoms with Gasteiger partial charge in [0, 0.05) is 26.2 Å². The monoisotopic (exact) mass is 323 g/mol. The van der Waals surface area contributed by atoms with Crippen LogP contribution in [0.5, 0.6) is 0 Å². The topological polar surface area (TPSA) is 43.9 Å². The van der Waals surface area contributed by atoms with E-state index in [0.717, 1.165) is 11.4 Å². The summed E-state index contributed by atoms with van der Waals surface area (Å²) in [6.45, 7) is 5.06. The molecule has 0 aliphatic carbocycles. The SMILES string of the molecule is CCC(C(=O)N1CCCN(C(=O)C(F)(F)F)CC1)N(C)CC. The van der Waals surface area contributed by atoms with E-state index in [0.29, 0.717) is 19.4 Å². The van der Waals surface area contributed by atoms with E-state index in [9.17, 15) is 22.8 Å². The lowest BCUT2D eigenvalue weighted by Crippen LogP contribution is -2.48. The van der Waals surface area contributed by atoms with Crippen LogP contribution in [0.15, 0.2) is 0 Å². The maximum absolute atomic E-state index is 12.5. The normalized spacial score (nSPS) is 18.3. The lowest BCUT2D eigenvalue weighted by molar-refractivity contribution is -0.185. The standard InChI is InChI=1S/C14H24F3N3O2/c1-4-11(18(3)5-2)12(21)19-7-6-8-20(10-9-19)13(22)14(15,16)17/h11H,4-10H2,1-3H3. The summed E-state index contributed by atoms with van der Waals surface area (Å²) >= 11 is 0. The summed E-state index contributed by atoms with van der Waals surface area (Å²) in [7, 11) is 1.85. The van der Waals surface area contributed by atoms with Crippen molar-refractivity contribution in [3.63, 3.8) is 0 Å². The number of nitrogens with zero attached hydrogens (tertiary/aromatic N) is 3. The van der Waals surface area contributed by atoms with Crippen molar-refractivity contribution in [1.82, 2.24) is 14.7 Å². The predicted molar refractivity (Wildman–Crippen MR) is 76.2 cm³/mol. The fourth-order valence-electron chi connectivity index (χ4n) is 2.63. The van der Waals surface area contributed by atoms with E-state index in [2.05, 4.69) is 0 Å². The highest BCUT2D eigenvalue weighted by Crippen LogP contribution is 2.20. The van der Waals surface area contributed by atoms with Crippen LogP contribution in [0.3, 0.4) is 0 Å². The number of hydrogen-bond donors (Lipinski definition) is 0. The summed E-state index contributed by atoms with van der Waals surface area (Å²) in [5.41, 5.74) is 0. The van der Waals surface area contributed by atoms with Crippen molar-refractivity contribution in [3.8, 4) is 0 Å². The second kappa shape index (κ2) is 7.80. The van der Waals surface area contributed by atoms with Crippen molar-refractivity contribution in [3.05, 3.63) is 0 Å². The molecule has 1 atom stereocenters. The summed E-state index contributed by atoms with van der Waals surface area (Å²) in [4.78, 5) is 28.1. The fraction of sp³-hybridized carbons (Fsp3) is 0.857. The largest absolute Gasteiger partial charge is 0.471 e. The average Bonchev–Trinajstić information content (AvgIpc) is 2.71. The molecule has 1 aliphatic rings. The lowest BCUT2D eigenvalue weighted by atomic mass is 10.1. The molecule has 0 radical (unpaired) electrons. The molecule has 2 amide bonds. The first kappa shape index (κ1) is 18.7. The Kier molecular flexibility index (Phi) is 6.65. The van der Waals surface area contributed by atoms with E-state index >= 15 is 0 Å². The number of hydrogen-bond acceptors (Lipinski definition) is 3. The highest BCUT2D eigenvalue weighted by molar-refractivity contribution is 5.83. The van der Waals surface area contributed by atoms with Gasteiger partial charge in [0.05, 0.1) is 6.04 Å². The lowest BCUT2D eigenvalue weighted by Gasteiger charge is -2.30. The van der Waals surface area contributed by atoms with Gasteiger partial charge in [-0.1, -0.05) is 13.8 Å². The van der Waals surface area contributed by atoms with Gasteiger partial charge < -0.3 is 9.80 Å². The van der Waals surface area contributed by atoms with Crippen LogP contribution in [0, 0.1) is 0 Å². The number of alkyl halides is 3. The summed E-state index contributed by atoms with van der Waals surface area (Å²) in [6, 6.07) is -0.269. The second-order valence-electron chi connectivity index (χ2n) is 5.47. The van der Waals surface area contributed by atoms with E-state index < -0.39 is 12.1 Å². The molecule has 1 aliphatic heterocycles. The number of likely N-dealkylation sites (N-methyl/N-ethyl adjacent to an activating group) is 1. The predicted octanol–water partition coefficient (Wildman–Crippen LogP) is 1.34. The van der Waals surface area contributed by atoms with E-state index in [1.807, 2.05) is 25.8 Å². The molecule has 1 heterocycles. The molecule has 0 bridgehead atoms. The first-order valence-corrected chi connectivity index (χ1v) is 7.57. The zero-order valence-electron chi connectivity index (χ0n) is 13.3. The fourth-order valence-corrected chi connectivity index (χ4v) is 2.63. The third-order valence-corrected chi connectivity index (χ3v) is 4.04. The Morgan fingerprint density at radius 1 is 1.09 bits per heavy atom. The molecule has 0 N–H and O–H groups in total. The molecule has 0 aromatic heterocycles. The maximum Gasteiger partial charge on any atom is 0.471 e. The van der Waals surface area contributed by atoms with Crippen molar-refractivity contribution >= 4 is 11.8 Å². The maximum atomic E-state index is 12.5. The van der Waals surface area contributed by atoms with Crippen LogP contribution in [0.4, 0.5) is 13.2 Å². The van der Waals surface area contributed by atoms with Gasteiger partial charge in [-0.15, -0.1) is 0 Å². The van der Waals surface area contributed by atoms with Gasteiger partial charge in [0.1, 0.15) is 0 Å². The van der Waals surface area contributed by atoms with Crippen LogP contribution in [0.1, 0.15) is 26.7 Å². The van der Waals surface area contributed by atoms with Gasteiger partial charge in [0.15, 0.2) is 0 Å². The Morgan fingerprint density at radius 3 is 2.14 bits per heavy atom. The molecule has 5 nitrogen and oxygen atoms in total. The molecule has 0 aromatic rings. The van der Waals surface area contributed by atoms with Crippen LogP contribution in [-0.2, 0) is 9.59 Å². The molecule has 22 heavy (non-hydrogen) atoms. The molecule has 0 spiro atoms. The minimum atomic E-state index is -4.85. The Bertz CT molecular complexity index is 401. The van der Waals surface area contributed by atoms with Crippen LogP contribution in [0.2, 0.25) is 0 Å². The van der Waals surface area contributed by atoms with E-state index in [1.54, 1.807) is 4.90 Å². The van der Waals surface area contributed by atoms with E-state index in [1.165, 1.54) is 0 Å². The van der Waals surface area contributed by atoms with Crippen molar-refractivity contribution < 1.29 is 22.8 Å². The van der Waals surface area contributed by atoms with Crippen molar-refractivity contribution in [1.29, 1.82) is 0 Å². The zero-order valence-corrected chi connectivity index (χ0v) is 13.3. The van der Waals surface area contributed by atoms with Crippen LogP contribution < -0.4 is 0 Å². The molecule has 0 saturated carbocycles. The summed E-state index contributed by atoms with van der Waals surface area (Å²) < 4.78 is 37.4. The van der Waals surface area contributed by atoms with Gasteiger partial charge in [-0.05, 0) is 26.4 Å². The Labute approximate surface area is 129 Å². The Balaban J connectivity index is 2.70. The summed E-state index contributed by atoms with van der Waals surface area (Å²) in [5.74, 6) is -1.90. The molecular formula is C14H24F3N3O2. The molecular weight excluding hydrogens is 299 g/mol. The quantitative estimate of drug-likeness (QED) is 0.784. The Hall–Kier alpha value is -1.31. The van der Waals surface area contributed by atoms with Crippen LogP contribution in [-0.4, -0.2) is 78.5 Å². The van der Waals surface area contributed by atoms with Gasteiger partial charge in [-0.3, -0.25) is 14.5 Å². The summed E-state index contributed by atoms with van der Waals surface area (Å²) in [5, 5.41) is 0. The molecule has 0 aromatic carbocycles. The minimum absolute atomic E-state index is 0.0303. The number of carbonyl (C=O) groups excluding carboxylic acids is 2. The smallest absolute Gasteiger partial charge is 0.339 e. The third kappa shape index (κ3) is 4.59. The molecule has 1 unspecified atom stereocenters. The van der Waals surface area contributed by atoms with Crippen LogP contribution in [0.25, 0.3) is 0 Å². The number of halogens is 3. The first-order chi connectivity index (χ1) is 10.2. The van der Waals surface area contributed by atoms with Crippen molar-refractivity contribution in [2.75, 3.05) is 39.8 Å². The van der Waals surface area contributed by atoms with Crippen LogP contribution >= 0.6 is 0 Å². The van der Waals surface area contributed by atoms with Gasteiger partial charge >= 0.3 is 12.1 Å². The van der Waals surface area contributed by atoms with Gasteiger partial charge in [-0.25, -0.2) is 0 Å². The number of rotatable bonds is 4. The number of amides is 2. The van der Waals surface area contributed by atoms with E-state index in [-0.39, 0.29) is 31.6 Å². The molecule has 1 rings (SSSR count). The van der Waals surface area contributed by atoms with Gasteiger partial charge in [-0.2, -0.15) is 13.2 Å². The second-order valence-corrected chi connectivity index (χ2v) is 5.47. The first-order valence-electron chi connectivity index (χ1n) is 7.57. The van der Waals surface area contributed by atoms with E-state index in [4.69, 9.17) is 0 Å². The minimum Gasteiger partial charge on any atom is -0.339 e. The highest BCUT2D eigenvalue weighted by Gasteiger charge is 2.43. The van der Waals surface area contributed by atoms with Gasteiger partial charge in [0.2, 0.25) is 5.91 Å². The zero-order chi connectivity index (χ0) is 16.9. The number of carbonyl (C=O) groups is 2. The highest BCUT2D eigenvalue weighted by atomic mass is 19.4. The Morgan fingerprint density at radius 2 is 1.64 bits per heavy atom. The molecule has 128 valence electrons. The average molecular weight is 323 g/mol. The summed E-state index contributed by atoms with van der Waals surface area (Å²) in [6.07, 6.45) is -3.85. The van der Waals surface area contributed by atoms with Crippen molar-refractivity contribution in [2.24, 2.45) is 0 Å². The van der Waals surface area contributed by atoms with Crippen molar-refractivity contribution in [2.45, 2.75) is 38.9 Å². The third-order valence-electron chi connectivity index (χ3n) is 4.04. The molecule has 8 heteroatoms. The van der Waals surface area contributed by atoms with Gasteiger partial charge in [0.25, 0.3) is 0 Å². The molecule has 1 fully saturated rings.